The van der Waals surface area contributed by atoms with Crippen LogP contribution in [0.3, 0.4) is 0 Å². The van der Waals surface area contributed by atoms with Gasteiger partial charge in [0, 0.05) is 24.5 Å². The highest BCUT2D eigenvalue weighted by molar-refractivity contribution is 7.88. The van der Waals surface area contributed by atoms with Gasteiger partial charge in [-0.25, -0.2) is 12.7 Å². The van der Waals surface area contributed by atoms with Crippen LogP contribution in [-0.2, 0) is 24.3 Å². The van der Waals surface area contributed by atoms with E-state index in [2.05, 4.69) is 5.32 Å². The molecule has 0 aromatic rings. The number of amides is 1. The summed E-state index contributed by atoms with van der Waals surface area (Å²) >= 11 is 0. The average Bonchev–Trinajstić information content (AvgIpc) is 2.58. The summed E-state index contributed by atoms with van der Waals surface area (Å²) in [5.74, 6) is 0.738. The molecule has 4 bridgehead atoms. The third-order valence-corrected chi connectivity index (χ3v) is 8.66. The molecule has 1 amide bonds. The van der Waals surface area contributed by atoms with Crippen LogP contribution in [0.25, 0.3) is 0 Å². The first-order chi connectivity index (χ1) is 12.6. The summed E-state index contributed by atoms with van der Waals surface area (Å²) < 4.78 is 29.9. The first-order valence-corrected chi connectivity index (χ1v) is 11.9. The summed E-state index contributed by atoms with van der Waals surface area (Å²) in [6, 6.07) is 0. The van der Waals surface area contributed by atoms with E-state index < -0.39 is 15.4 Å². The molecular formula is C19H30N2O5S. The molecule has 5 rings (SSSR count). The fraction of sp³-hybridized carbons (Fsp3) is 0.895. The minimum absolute atomic E-state index is 0.0325. The van der Waals surface area contributed by atoms with Crippen molar-refractivity contribution in [3.05, 3.63) is 0 Å². The lowest BCUT2D eigenvalue weighted by Gasteiger charge is -2.61. The standard InChI is InChI=1S/C19H30N2O5S/c1-26-17(23)18-8-13-7-14(9-18)11-19(10-13,12-18)20-16(22)15-3-5-21(6-4-15)27(2,24)25/h13-15H,3-12H2,1-2H3,(H,20,22)/t13-,14+,18?,19?. The van der Waals surface area contributed by atoms with Crippen LogP contribution in [0.2, 0.25) is 0 Å². The van der Waals surface area contributed by atoms with Gasteiger partial charge in [0.05, 0.1) is 18.8 Å². The molecule has 0 radical (unpaired) electrons. The Hall–Kier alpha value is -1.15. The van der Waals surface area contributed by atoms with Gasteiger partial charge in [-0.3, -0.25) is 9.59 Å². The summed E-state index contributed by atoms with van der Waals surface area (Å²) in [7, 11) is -1.73. The van der Waals surface area contributed by atoms with E-state index in [9.17, 15) is 18.0 Å². The monoisotopic (exact) mass is 398 g/mol. The maximum absolute atomic E-state index is 13.0. The van der Waals surface area contributed by atoms with Gasteiger partial charge in [-0.2, -0.15) is 0 Å². The third-order valence-electron chi connectivity index (χ3n) is 7.36. The van der Waals surface area contributed by atoms with Gasteiger partial charge >= 0.3 is 5.97 Å². The molecule has 1 N–H and O–H groups in total. The van der Waals surface area contributed by atoms with Crippen molar-refractivity contribution in [2.75, 3.05) is 26.5 Å². The Bertz CT molecular complexity index is 727. The van der Waals surface area contributed by atoms with Crippen molar-refractivity contribution in [1.29, 1.82) is 0 Å². The maximum Gasteiger partial charge on any atom is 0.311 e. The maximum atomic E-state index is 13.0. The number of carbonyl (C=O) groups excluding carboxylic acids is 2. The second kappa shape index (κ2) is 6.44. The summed E-state index contributed by atoms with van der Waals surface area (Å²) in [4.78, 5) is 25.5. The van der Waals surface area contributed by atoms with Crippen molar-refractivity contribution in [3.8, 4) is 0 Å². The predicted octanol–water partition coefficient (Wildman–Crippen LogP) is 1.29. The number of nitrogens with zero attached hydrogens (tertiary/aromatic N) is 1. The van der Waals surface area contributed by atoms with Gasteiger partial charge in [-0.05, 0) is 63.2 Å². The Labute approximate surface area is 161 Å². The smallest absolute Gasteiger partial charge is 0.311 e. The Kier molecular flexibility index (Phi) is 4.57. The van der Waals surface area contributed by atoms with Crippen molar-refractivity contribution in [1.82, 2.24) is 9.62 Å². The number of nitrogens with one attached hydrogen (secondary N) is 1. The topological polar surface area (TPSA) is 92.8 Å². The number of rotatable bonds is 4. The number of hydrogen-bond donors (Lipinski definition) is 1. The van der Waals surface area contributed by atoms with Crippen LogP contribution in [0, 0.1) is 23.2 Å². The quantitative estimate of drug-likeness (QED) is 0.720. The number of ether oxygens (including phenoxy) is 1. The lowest BCUT2D eigenvalue weighted by atomic mass is 9.47. The van der Waals surface area contributed by atoms with E-state index in [0.29, 0.717) is 44.2 Å². The summed E-state index contributed by atoms with van der Waals surface area (Å²) in [5, 5.41) is 3.34. The van der Waals surface area contributed by atoms with Crippen LogP contribution >= 0.6 is 0 Å². The lowest BCUT2D eigenvalue weighted by molar-refractivity contribution is -0.173. The second-order valence-corrected chi connectivity index (χ2v) is 11.4. The van der Waals surface area contributed by atoms with Crippen molar-refractivity contribution >= 4 is 21.9 Å². The van der Waals surface area contributed by atoms with Gasteiger partial charge in [0.15, 0.2) is 0 Å². The number of esters is 1. The Morgan fingerprint density at radius 1 is 1.07 bits per heavy atom. The van der Waals surface area contributed by atoms with E-state index in [1.54, 1.807) is 0 Å². The molecule has 1 saturated heterocycles. The zero-order valence-electron chi connectivity index (χ0n) is 16.2. The summed E-state index contributed by atoms with van der Waals surface area (Å²) in [6.45, 7) is 0.808. The molecule has 1 aliphatic heterocycles. The predicted molar refractivity (Wildman–Crippen MR) is 99.1 cm³/mol. The zero-order chi connectivity index (χ0) is 19.4. The van der Waals surface area contributed by atoms with Gasteiger partial charge in [0.25, 0.3) is 0 Å². The van der Waals surface area contributed by atoms with E-state index in [-0.39, 0.29) is 23.3 Å². The number of hydrogen-bond acceptors (Lipinski definition) is 5. The summed E-state index contributed by atoms with van der Waals surface area (Å²) in [6.07, 6.45) is 7.87. The minimum atomic E-state index is -3.19. The highest BCUT2D eigenvalue weighted by Crippen LogP contribution is 2.62. The fourth-order valence-electron chi connectivity index (χ4n) is 6.68. The molecule has 7 nitrogen and oxygen atoms in total. The van der Waals surface area contributed by atoms with Crippen molar-refractivity contribution < 1.29 is 22.7 Å². The van der Waals surface area contributed by atoms with Crippen LogP contribution in [0.4, 0.5) is 0 Å². The van der Waals surface area contributed by atoms with E-state index >= 15 is 0 Å². The van der Waals surface area contributed by atoms with Crippen LogP contribution in [0.1, 0.15) is 51.4 Å². The minimum Gasteiger partial charge on any atom is -0.469 e. The molecule has 4 saturated carbocycles. The van der Waals surface area contributed by atoms with E-state index in [1.807, 2.05) is 0 Å². The molecule has 5 aliphatic rings. The number of piperidine rings is 1. The SMILES string of the molecule is COC(=O)C12C[C@@H]3C[C@@H](CC(NC(=O)C4CCN(S(C)(=O)=O)CC4)(C3)C1)C2. The van der Waals surface area contributed by atoms with Gasteiger partial charge in [-0.15, -0.1) is 0 Å². The third kappa shape index (κ3) is 3.39. The Balaban J connectivity index is 1.45. The Morgan fingerprint density at radius 3 is 2.19 bits per heavy atom. The molecule has 0 spiro atoms. The lowest BCUT2D eigenvalue weighted by Crippen LogP contribution is -2.65. The molecule has 152 valence electrons. The van der Waals surface area contributed by atoms with Crippen LogP contribution in [0.5, 0.6) is 0 Å². The molecule has 2 unspecified atom stereocenters. The molecule has 5 fully saturated rings. The molecular weight excluding hydrogens is 368 g/mol. The average molecular weight is 399 g/mol. The van der Waals surface area contributed by atoms with Crippen molar-refractivity contribution in [3.63, 3.8) is 0 Å². The van der Waals surface area contributed by atoms with Gasteiger partial charge in [-0.1, -0.05) is 0 Å². The first-order valence-electron chi connectivity index (χ1n) is 10.0. The molecule has 1 heterocycles. The number of carbonyl (C=O) groups is 2. The van der Waals surface area contributed by atoms with Gasteiger partial charge < -0.3 is 10.1 Å². The zero-order valence-corrected chi connectivity index (χ0v) is 17.0. The highest BCUT2D eigenvalue weighted by Gasteiger charge is 2.61. The van der Waals surface area contributed by atoms with Gasteiger partial charge in [0.2, 0.25) is 15.9 Å². The van der Waals surface area contributed by atoms with E-state index in [0.717, 1.165) is 32.1 Å². The number of sulfonamides is 1. The molecule has 0 aromatic carbocycles. The molecule has 27 heavy (non-hydrogen) atoms. The van der Waals surface area contributed by atoms with Crippen molar-refractivity contribution in [2.45, 2.75) is 56.9 Å². The Morgan fingerprint density at radius 2 is 1.67 bits per heavy atom. The van der Waals surface area contributed by atoms with Crippen LogP contribution in [-0.4, -0.2) is 56.6 Å². The highest BCUT2D eigenvalue weighted by atomic mass is 32.2. The first kappa shape index (κ1) is 19.2. The molecule has 4 atom stereocenters. The molecule has 0 aromatic heterocycles. The molecule has 8 heteroatoms. The second-order valence-electron chi connectivity index (χ2n) is 9.44. The van der Waals surface area contributed by atoms with Crippen LogP contribution in [0.15, 0.2) is 0 Å². The van der Waals surface area contributed by atoms with Gasteiger partial charge in [0.1, 0.15) is 0 Å². The van der Waals surface area contributed by atoms with E-state index in [4.69, 9.17) is 4.74 Å². The molecule has 4 aliphatic carbocycles. The van der Waals surface area contributed by atoms with Crippen molar-refractivity contribution in [2.24, 2.45) is 23.2 Å². The largest absolute Gasteiger partial charge is 0.469 e. The number of methoxy groups -OCH3 is 1. The summed E-state index contributed by atoms with van der Waals surface area (Å²) in [5.41, 5.74) is -0.713. The van der Waals surface area contributed by atoms with Crippen LogP contribution < -0.4 is 5.32 Å². The fourth-order valence-corrected chi connectivity index (χ4v) is 7.55. The normalized spacial score (nSPS) is 39.3. The van der Waals surface area contributed by atoms with E-state index in [1.165, 1.54) is 17.7 Å².